The first-order valence-corrected chi connectivity index (χ1v) is 6.88. The largest absolute Gasteiger partial charge is 0.299 e. The fraction of sp³-hybridized carbons (Fsp3) is 0.533. The van der Waals surface area contributed by atoms with Crippen molar-refractivity contribution in [1.82, 2.24) is 0 Å². The van der Waals surface area contributed by atoms with Crippen LogP contribution in [-0.4, -0.2) is 5.78 Å². The first-order chi connectivity index (χ1) is 8.24. The third-order valence-electron chi connectivity index (χ3n) is 3.60. The number of hydrogen-bond donors (Lipinski definition) is 0. The van der Waals surface area contributed by atoms with Crippen molar-refractivity contribution in [3.8, 4) is 0 Å². The molecule has 2 heteroatoms. The zero-order valence-electron chi connectivity index (χ0n) is 10.1. The number of hydrogen-bond acceptors (Lipinski definition) is 1. The average Bonchev–Trinajstić information content (AvgIpc) is 2.79. The molecule has 0 unspecified atom stereocenters. The van der Waals surface area contributed by atoms with Gasteiger partial charge < -0.3 is 0 Å². The van der Waals surface area contributed by atoms with Gasteiger partial charge >= 0.3 is 0 Å². The van der Waals surface area contributed by atoms with Crippen LogP contribution in [0.1, 0.15) is 44.1 Å². The summed E-state index contributed by atoms with van der Waals surface area (Å²) >= 11 is 5.90. The van der Waals surface area contributed by atoms with Crippen molar-refractivity contribution in [3.05, 3.63) is 34.9 Å². The molecular formula is C15H19ClO. The second-order valence-corrected chi connectivity index (χ2v) is 5.47. The maximum absolute atomic E-state index is 11.8. The van der Waals surface area contributed by atoms with E-state index in [1.165, 1.54) is 25.7 Å². The van der Waals surface area contributed by atoms with Crippen LogP contribution in [0.5, 0.6) is 0 Å². The van der Waals surface area contributed by atoms with Crippen molar-refractivity contribution in [1.29, 1.82) is 0 Å². The molecule has 1 nitrogen and oxygen atoms in total. The van der Waals surface area contributed by atoms with Crippen LogP contribution in [0, 0.1) is 5.92 Å². The molecule has 1 aromatic carbocycles. The van der Waals surface area contributed by atoms with Crippen LogP contribution in [0.2, 0.25) is 5.02 Å². The average molecular weight is 251 g/mol. The Bertz CT molecular complexity index is 380. The molecule has 0 aliphatic heterocycles. The predicted molar refractivity (Wildman–Crippen MR) is 71.4 cm³/mol. The van der Waals surface area contributed by atoms with E-state index in [-0.39, 0.29) is 0 Å². The number of rotatable bonds is 5. The Labute approximate surface area is 108 Å². The number of carbonyl (C=O) groups is 1. The summed E-state index contributed by atoms with van der Waals surface area (Å²) in [6.45, 7) is 0. The van der Waals surface area contributed by atoms with Gasteiger partial charge in [0.05, 0.1) is 0 Å². The molecule has 1 aromatic rings. The van der Waals surface area contributed by atoms with Gasteiger partial charge in [-0.25, -0.2) is 0 Å². The van der Waals surface area contributed by atoms with Gasteiger partial charge in [0.25, 0.3) is 0 Å². The lowest BCUT2D eigenvalue weighted by Gasteiger charge is -2.07. The number of benzene rings is 1. The second kappa shape index (κ2) is 6.20. The van der Waals surface area contributed by atoms with Crippen molar-refractivity contribution in [2.75, 3.05) is 0 Å². The maximum Gasteiger partial charge on any atom is 0.137 e. The Morgan fingerprint density at radius 2 is 2.06 bits per heavy atom. The van der Waals surface area contributed by atoms with Gasteiger partial charge in [-0.2, -0.15) is 0 Å². The molecule has 0 atom stereocenters. The van der Waals surface area contributed by atoms with E-state index in [4.69, 9.17) is 11.6 Å². The normalized spacial score (nSPS) is 16.3. The summed E-state index contributed by atoms with van der Waals surface area (Å²) in [5.74, 6) is 1.15. The molecule has 0 N–H and O–H groups in total. The highest BCUT2D eigenvalue weighted by atomic mass is 35.5. The van der Waals surface area contributed by atoms with E-state index in [1.54, 1.807) is 0 Å². The second-order valence-electron chi connectivity index (χ2n) is 5.03. The molecule has 17 heavy (non-hydrogen) atoms. The molecule has 0 saturated heterocycles. The fourth-order valence-electron chi connectivity index (χ4n) is 2.63. The molecule has 2 rings (SSSR count). The fourth-order valence-corrected chi connectivity index (χ4v) is 2.84. The molecule has 0 radical (unpaired) electrons. The summed E-state index contributed by atoms with van der Waals surface area (Å²) in [5.41, 5.74) is 1.04. The highest BCUT2D eigenvalue weighted by molar-refractivity contribution is 6.30. The summed E-state index contributed by atoms with van der Waals surface area (Å²) in [6.07, 6.45) is 7.71. The third-order valence-corrected chi connectivity index (χ3v) is 3.83. The van der Waals surface area contributed by atoms with E-state index in [1.807, 2.05) is 24.3 Å². The summed E-state index contributed by atoms with van der Waals surface area (Å²) in [5, 5.41) is 0.714. The van der Waals surface area contributed by atoms with Crippen LogP contribution in [0.3, 0.4) is 0 Å². The van der Waals surface area contributed by atoms with Crippen molar-refractivity contribution >= 4 is 17.4 Å². The Balaban J connectivity index is 1.76. The topological polar surface area (TPSA) is 17.1 Å². The van der Waals surface area contributed by atoms with Gasteiger partial charge in [-0.1, -0.05) is 49.4 Å². The molecule has 0 bridgehead atoms. The Morgan fingerprint density at radius 1 is 1.29 bits per heavy atom. The minimum atomic E-state index is 0.346. The summed E-state index contributed by atoms with van der Waals surface area (Å²) < 4.78 is 0. The Kier molecular flexibility index (Phi) is 4.61. The monoisotopic (exact) mass is 250 g/mol. The molecule has 0 spiro atoms. The van der Waals surface area contributed by atoms with Crippen molar-refractivity contribution in [3.63, 3.8) is 0 Å². The molecule has 0 heterocycles. The maximum atomic E-state index is 11.8. The lowest BCUT2D eigenvalue weighted by molar-refractivity contribution is -0.118. The Hall–Kier alpha value is -0.820. The Morgan fingerprint density at radius 3 is 2.76 bits per heavy atom. The van der Waals surface area contributed by atoms with E-state index in [0.717, 1.165) is 24.3 Å². The van der Waals surface area contributed by atoms with Crippen molar-refractivity contribution in [2.45, 2.75) is 44.9 Å². The van der Waals surface area contributed by atoms with E-state index >= 15 is 0 Å². The van der Waals surface area contributed by atoms with E-state index in [2.05, 4.69) is 0 Å². The van der Waals surface area contributed by atoms with E-state index < -0.39 is 0 Å². The lowest BCUT2D eigenvalue weighted by atomic mass is 9.98. The smallest absolute Gasteiger partial charge is 0.137 e. The summed E-state index contributed by atoms with van der Waals surface area (Å²) in [4.78, 5) is 11.8. The SMILES string of the molecule is O=C(CCC1CCCC1)Cc1cccc(Cl)c1. The van der Waals surface area contributed by atoms with Gasteiger partial charge in [0, 0.05) is 17.9 Å². The zero-order valence-corrected chi connectivity index (χ0v) is 10.9. The molecule has 92 valence electrons. The predicted octanol–water partition coefficient (Wildman–Crippen LogP) is 4.42. The minimum absolute atomic E-state index is 0.346. The molecule has 1 saturated carbocycles. The van der Waals surface area contributed by atoms with Crippen LogP contribution < -0.4 is 0 Å². The van der Waals surface area contributed by atoms with Crippen LogP contribution in [0.25, 0.3) is 0 Å². The first kappa shape index (κ1) is 12.6. The van der Waals surface area contributed by atoms with Gasteiger partial charge in [-0.15, -0.1) is 0 Å². The van der Waals surface area contributed by atoms with Gasteiger partial charge in [0.2, 0.25) is 0 Å². The minimum Gasteiger partial charge on any atom is -0.299 e. The molecule has 1 fully saturated rings. The van der Waals surface area contributed by atoms with E-state index in [0.29, 0.717) is 17.2 Å². The van der Waals surface area contributed by atoms with Crippen LogP contribution in [-0.2, 0) is 11.2 Å². The van der Waals surface area contributed by atoms with Crippen molar-refractivity contribution < 1.29 is 4.79 Å². The molecular weight excluding hydrogens is 232 g/mol. The molecule has 1 aliphatic rings. The molecule has 0 aromatic heterocycles. The van der Waals surface area contributed by atoms with Crippen LogP contribution in [0.15, 0.2) is 24.3 Å². The van der Waals surface area contributed by atoms with Gasteiger partial charge in [0.15, 0.2) is 0 Å². The molecule has 1 aliphatic carbocycles. The first-order valence-electron chi connectivity index (χ1n) is 6.50. The standard InChI is InChI=1S/C15H19ClO/c16-14-7-3-6-13(10-14)11-15(17)9-8-12-4-1-2-5-12/h3,6-7,10,12H,1-2,4-5,8-9,11H2. The van der Waals surface area contributed by atoms with Gasteiger partial charge in [0.1, 0.15) is 5.78 Å². The summed E-state index contributed by atoms with van der Waals surface area (Å²) in [7, 11) is 0. The van der Waals surface area contributed by atoms with Crippen LogP contribution in [0.4, 0.5) is 0 Å². The van der Waals surface area contributed by atoms with Crippen LogP contribution >= 0.6 is 11.6 Å². The lowest BCUT2D eigenvalue weighted by Crippen LogP contribution is -2.05. The number of carbonyl (C=O) groups excluding carboxylic acids is 1. The van der Waals surface area contributed by atoms with Crippen molar-refractivity contribution in [2.24, 2.45) is 5.92 Å². The highest BCUT2D eigenvalue weighted by Gasteiger charge is 2.16. The molecule has 0 amide bonds. The van der Waals surface area contributed by atoms with E-state index in [9.17, 15) is 4.79 Å². The number of ketones is 1. The number of halogens is 1. The quantitative estimate of drug-likeness (QED) is 0.756. The number of Topliss-reactive ketones (excluding diaryl/α,β-unsaturated/α-hetero) is 1. The van der Waals surface area contributed by atoms with Gasteiger partial charge in [-0.05, 0) is 30.0 Å². The highest BCUT2D eigenvalue weighted by Crippen LogP contribution is 2.28. The zero-order chi connectivity index (χ0) is 12.1. The summed E-state index contributed by atoms with van der Waals surface area (Å²) in [6, 6.07) is 7.60. The van der Waals surface area contributed by atoms with Gasteiger partial charge in [-0.3, -0.25) is 4.79 Å². The third kappa shape index (κ3) is 4.16.